The Morgan fingerprint density at radius 3 is 2.46 bits per heavy atom. The molecule has 1 aromatic carbocycles. The van der Waals surface area contributed by atoms with E-state index in [4.69, 9.17) is 9.47 Å². The predicted octanol–water partition coefficient (Wildman–Crippen LogP) is 1.32. The van der Waals surface area contributed by atoms with Gasteiger partial charge in [0.05, 0.1) is 18.2 Å². The minimum absolute atomic E-state index is 0.00523. The third kappa shape index (κ3) is 7.77. The average molecular weight is 572 g/mol. The zero-order chi connectivity index (χ0) is 29.4. The number of ether oxygens (including phenoxy) is 2. The number of amides is 4. The molecule has 2 fully saturated rings. The monoisotopic (exact) mass is 571 g/mol. The van der Waals surface area contributed by atoms with E-state index in [1.54, 1.807) is 36.3 Å². The lowest BCUT2D eigenvalue weighted by Gasteiger charge is -2.36. The van der Waals surface area contributed by atoms with Gasteiger partial charge in [-0.15, -0.1) is 0 Å². The summed E-state index contributed by atoms with van der Waals surface area (Å²) in [4.78, 5) is 58.0. The number of benzene rings is 1. The quantitative estimate of drug-likeness (QED) is 0.486. The number of methoxy groups -OCH3 is 1. The molecule has 226 valence electrons. The second-order valence-electron chi connectivity index (χ2n) is 11.7. The molecule has 1 saturated heterocycles. The molecule has 11 nitrogen and oxygen atoms in total. The van der Waals surface area contributed by atoms with Gasteiger partial charge in [0.1, 0.15) is 23.9 Å². The van der Waals surface area contributed by atoms with E-state index in [1.807, 2.05) is 13.8 Å². The molecule has 2 atom stereocenters. The molecular weight excluding hydrogens is 526 g/mol. The zero-order valence-electron chi connectivity index (χ0n) is 24.6. The van der Waals surface area contributed by atoms with Crippen LogP contribution in [0.4, 0.5) is 0 Å². The van der Waals surface area contributed by atoms with Crippen LogP contribution in [-0.2, 0) is 19.1 Å². The first-order chi connectivity index (χ1) is 19.7. The molecule has 1 saturated carbocycles. The SMILES string of the molecule is COCCN1CCN(C(=O)[C@@H]2CCC(=O)NC3(CCCC3)C(=O)N[C@@H](C(C)C)COc3ccccc3C(=O)N2)CC1. The van der Waals surface area contributed by atoms with Crippen LogP contribution in [0.2, 0.25) is 0 Å². The van der Waals surface area contributed by atoms with Gasteiger partial charge < -0.3 is 30.3 Å². The van der Waals surface area contributed by atoms with Gasteiger partial charge in [0.25, 0.3) is 5.91 Å². The van der Waals surface area contributed by atoms with Gasteiger partial charge in [0, 0.05) is 46.3 Å². The Balaban J connectivity index is 1.58. The maximum absolute atomic E-state index is 13.7. The van der Waals surface area contributed by atoms with Crippen molar-refractivity contribution in [3.8, 4) is 5.75 Å². The van der Waals surface area contributed by atoms with E-state index in [0.717, 1.165) is 19.4 Å². The van der Waals surface area contributed by atoms with Gasteiger partial charge in [0.15, 0.2) is 0 Å². The van der Waals surface area contributed by atoms with Gasteiger partial charge in [-0.05, 0) is 37.3 Å². The molecule has 3 aliphatic rings. The molecule has 0 unspecified atom stereocenters. The lowest BCUT2D eigenvalue weighted by molar-refractivity contribution is -0.136. The summed E-state index contributed by atoms with van der Waals surface area (Å²) in [6, 6.07) is 5.67. The van der Waals surface area contributed by atoms with Crippen LogP contribution in [0, 0.1) is 5.92 Å². The van der Waals surface area contributed by atoms with Crippen molar-refractivity contribution in [1.82, 2.24) is 25.8 Å². The summed E-state index contributed by atoms with van der Waals surface area (Å²) in [5.41, 5.74) is -0.682. The van der Waals surface area contributed by atoms with Crippen LogP contribution in [0.5, 0.6) is 5.75 Å². The lowest BCUT2D eigenvalue weighted by atomic mass is 9.94. The van der Waals surface area contributed by atoms with Crippen molar-refractivity contribution in [2.45, 2.75) is 70.0 Å². The number of piperazine rings is 1. The average Bonchev–Trinajstić information content (AvgIpc) is 3.45. The maximum Gasteiger partial charge on any atom is 0.255 e. The van der Waals surface area contributed by atoms with Gasteiger partial charge in [0.2, 0.25) is 17.7 Å². The smallest absolute Gasteiger partial charge is 0.255 e. The maximum atomic E-state index is 13.7. The highest BCUT2D eigenvalue weighted by Crippen LogP contribution is 2.31. The van der Waals surface area contributed by atoms with E-state index < -0.39 is 17.5 Å². The summed E-state index contributed by atoms with van der Waals surface area (Å²) in [5, 5.41) is 9.03. The molecular formula is C30H45N5O6. The fraction of sp³-hybridized carbons (Fsp3) is 0.667. The molecule has 41 heavy (non-hydrogen) atoms. The number of fused-ring (bicyclic) bond motifs is 1. The number of para-hydroxylation sites is 1. The second kappa shape index (κ2) is 14.1. The van der Waals surface area contributed by atoms with Crippen molar-refractivity contribution >= 4 is 23.6 Å². The van der Waals surface area contributed by atoms with Crippen molar-refractivity contribution < 1.29 is 28.7 Å². The number of carbonyl (C=O) groups is 4. The van der Waals surface area contributed by atoms with Crippen molar-refractivity contribution in [3.63, 3.8) is 0 Å². The Morgan fingerprint density at radius 1 is 1.07 bits per heavy atom. The molecule has 2 heterocycles. The molecule has 1 aliphatic carbocycles. The highest BCUT2D eigenvalue weighted by molar-refractivity contribution is 6.00. The molecule has 3 N–H and O–H groups in total. The summed E-state index contributed by atoms with van der Waals surface area (Å²) >= 11 is 0. The van der Waals surface area contributed by atoms with Crippen LogP contribution in [-0.4, -0.2) is 104 Å². The zero-order valence-corrected chi connectivity index (χ0v) is 24.6. The normalized spacial score (nSPS) is 24.5. The van der Waals surface area contributed by atoms with E-state index in [0.29, 0.717) is 56.9 Å². The number of hydrogen-bond donors (Lipinski definition) is 3. The van der Waals surface area contributed by atoms with E-state index in [9.17, 15) is 19.2 Å². The van der Waals surface area contributed by atoms with Gasteiger partial charge >= 0.3 is 0 Å². The Labute approximate surface area is 242 Å². The highest BCUT2D eigenvalue weighted by atomic mass is 16.5. The molecule has 2 aliphatic heterocycles. The largest absolute Gasteiger partial charge is 0.491 e. The Kier molecular flexibility index (Phi) is 10.6. The second-order valence-corrected chi connectivity index (χ2v) is 11.7. The third-order valence-corrected chi connectivity index (χ3v) is 8.50. The van der Waals surface area contributed by atoms with Crippen molar-refractivity contribution in [2.75, 3.05) is 53.0 Å². The first-order valence-electron chi connectivity index (χ1n) is 14.9. The van der Waals surface area contributed by atoms with E-state index in [2.05, 4.69) is 20.9 Å². The van der Waals surface area contributed by atoms with E-state index in [-0.39, 0.29) is 49.1 Å². The third-order valence-electron chi connectivity index (χ3n) is 8.50. The molecule has 1 aromatic rings. The summed E-state index contributed by atoms with van der Waals surface area (Å²) in [6.07, 6.45) is 2.94. The molecule has 11 heteroatoms. The number of hydrogen-bond acceptors (Lipinski definition) is 7. The number of nitrogens with zero attached hydrogens (tertiary/aromatic N) is 2. The number of nitrogens with one attached hydrogen (secondary N) is 3. The van der Waals surface area contributed by atoms with Crippen molar-refractivity contribution in [2.24, 2.45) is 5.92 Å². The summed E-state index contributed by atoms with van der Waals surface area (Å²) in [7, 11) is 1.67. The first kappa shape index (κ1) is 30.8. The lowest BCUT2D eigenvalue weighted by Crippen LogP contribution is -2.60. The standard InChI is InChI=1S/C30H45N5O6/c1-21(2)24-20-41-25-9-5-4-8-22(25)27(37)31-23(28(38)35-16-14-34(15-17-35)18-19-40-3)10-11-26(36)33-30(29(39)32-24)12-6-7-13-30/h4-5,8-9,21,23-24H,6-7,10-20H2,1-3H3,(H,31,37)(H,32,39)(H,33,36)/t23-,24+/m0/s1. The highest BCUT2D eigenvalue weighted by Gasteiger charge is 2.43. The molecule has 1 spiro atoms. The Hall–Kier alpha value is -3.18. The molecule has 4 rings (SSSR count). The number of rotatable bonds is 5. The van der Waals surface area contributed by atoms with Crippen LogP contribution >= 0.6 is 0 Å². The van der Waals surface area contributed by atoms with Crippen LogP contribution in [0.15, 0.2) is 24.3 Å². The first-order valence-corrected chi connectivity index (χ1v) is 14.9. The van der Waals surface area contributed by atoms with Gasteiger partial charge in [-0.2, -0.15) is 0 Å². The summed E-state index contributed by atoms with van der Waals surface area (Å²) in [6.45, 7) is 8.05. The minimum Gasteiger partial charge on any atom is -0.491 e. The van der Waals surface area contributed by atoms with Crippen LogP contribution in [0.3, 0.4) is 0 Å². The number of carbonyl (C=O) groups excluding carboxylic acids is 4. The Bertz CT molecular complexity index is 1080. The fourth-order valence-electron chi connectivity index (χ4n) is 5.79. The summed E-state index contributed by atoms with van der Waals surface area (Å²) < 4.78 is 11.3. The van der Waals surface area contributed by atoms with Crippen LogP contribution < -0.4 is 20.7 Å². The minimum atomic E-state index is -0.983. The van der Waals surface area contributed by atoms with Gasteiger partial charge in [-0.25, -0.2) is 0 Å². The van der Waals surface area contributed by atoms with Crippen molar-refractivity contribution in [3.05, 3.63) is 29.8 Å². The summed E-state index contributed by atoms with van der Waals surface area (Å²) in [5.74, 6) is -0.726. The van der Waals surface area contributed by atoms with Crippen molar-refractivity contribution in [1.29, 1.82) is 0 Å². The molecule has 0 bridgehead atoms. The predicted molar refractivity (Wildman–Crippen MR) is 153 cm³/mol. The van der Waals surface area contributed by atoms with Crippen LogP contribution in [0.25, 0.3) is 0 Å². The van der Waals surface area contributed by atoms with E-state index >= 15 is 0 Å². The van der Waals surface area contributed by atoms with Gasteiger partial charge in [-0.3, -0.25) is 24.1 Å². The van der Waals surface area contributed by atoms with Gasteiger partial charge in [-0.1, -0.05) is 38.8 Å². The Morgan fingerprint density at radius 2 is 1.78 bits per heavy atom. The molecule has 0 radical (unpaired) electrons. The van der Waals surface area contributed by atoms with E-state index in [1.165, 1.54) is 0 Å². The topological polar surface area (TPSA) is 129 Å². The molecule has 0 aromatic heterocycles. The molecule has 4 amide bonds. The fourth-order valence-corrected chi connectivity index (χ4v) is 5.79. The van der Waals surface area contributed by atoms with Crippen LogP contribution in [0.1, 0.15) is 62.7 Å².